The maximum atomic E-state index is 2.47. The van der Waals surface area contributed by atoms with Crippen LogP contribution in [0.3, 0.4) is 0 Å². The van der Waals surface area contributed by atoms with Crippen LogP contribution in [-0.4, -0.2) is 4.57 Å². The second-order valence-corrected chi connectivity index (χ2v) is 13.4. The van der Waals surface area contributed by atoms with Crippen LogP contribution in [0.15, 0.2) is 206 Å². The Morgan fingerprint density at radius 3 is 1.69 bits per heavy atom. The number of benzene rings is 9. The van der Waals surface area contributed by atoms with Crippen LogP contribution in [0.5, 0.6) is 0 Å². The van der Waals surface area contributed by atoms with Crippen LogP contribution >= 0.6 is 0 Å². The maximum Gasteiger partial charge on any atom is 0.0619 e. The topological polar surface area (TPSA) is 8.17 Å². The molecular formula is C50H34N2. The number of aromatic nitrogens is 1. The van der Waals surface area contributed by atoms with Crippen molar-refractivity contribution in [2.45, 2.75) is 0 Å². The number of hydrogen-bond acceptors (Lipinski definition) is 1. The molecule has 52 heavy (non-hydrogen) atoms. The van der Waals surface area contributed by atoms with E-state index in [1.54, 1.807) is 0 Å². The van der Waals surface area contributed by atoms with Gasteiger partial charge in [-0.3, -0.25) is 0 Å². The fourth-order valence-electron chi connectivity index (χ4n) is 7.90. The molecular weight excluding hydrogens is 629 g/mol. The Morgan fingerprint density at radius 2 is 0.923 bits per heavy atom. The molecule has 0 radical (unpaired) electrons. The zero-order valence-corrected chi connectivity index (χ0v) is 28.5. The number of nitrogens with zero attached hydrogens (tertiary/aromatic N) is 2. The molecule has 0 aliphatic rings. The normalized spacial score (nSPS) is 11.5. The minimum atomic E-state index is 1.10. The van der Waals surface area contributed by atoms with E-state index in [-0.39, 0.29) is 0 Å². The molecule has 0 amide bonds. The third-order valence-electron chi connectivity index (χ3n) is 10.3. The summed E-state index contributed by atoms with van der Waals surface area (Å²) in [7, 11) is 0. The Morgan fingerprint density at radius 1 is 0.327 bits per heavy atom. The standard InChI is InChI=1S/C50H34N2/c1-3-14-35(15-4-1)37-26-29-41(30-27-37)51(42-21-13-20-39(32-42)36-16-5-2-6-17-36)49-34-43(33-40-19-8-9-22-44(40)49)52-48-25-12-11-24-46(48)47-31-28-38-18-7-10-23-45(38)50(47)52/h1-34H. The van der Waals surface area contributed by atoms with Gasteiger partial charge in [-0.15, -0.1) is 0 Å². The molecule has 0 spiro atoms. The first-order chi connectivity index (χ1) is 25.8. The van der Waals surface area contributed by atoms with Crippen LogP contribution in [-0.2, 0) is 0 Å². The highest BCUT2D eigenvalue weighted by atomic mass is 15.1. The summed E-state index contributed by atoms with van der Waals surface area (Å²) < 4.78 is 2.47. The van der Waals surface area contributed by atoms with Crippen molar-refractivity contribution < 1.29 is 0 Å². The average Bonchev–Trinajstić information content (AvgIpc) is 3.57. The molecule has 0 aliphatic heterocycles. The maximum absolute atomic E-state index is 2.47. The molecule has 9 aromatic carbocycles. The molecule has 0 aliphatic carbocycles. The van der Waals surface area contributed by atoms with E-state index in [0.717, 1.165) is 22.7 Å². The van der Waals surface area contributed by atoms with Gasteiger partial charge in [0, 0.05) is 38.6 Å². The van der Waals surface area contributed by atoms with E-state index in [9.17, 15) is 0 Å². The first kappa shape index (κ1) is 30.0. The van der Waals surface area contributed by atoms with Gasteiger partial charge in [0.05, 0.1) is 16.7 Å². The van der Waals surface area contributed by atoms with Gasteiger partial charge in [-0.25, -0.2) is 0 Å². The number of rotatable bonds is 6. The molecule has 10 rings (SSSR count). The van der Waals surface area contributed by atoms with Gasteiger partial charge in [-0.05, 0) is 75.5 Å². The van der Waals surface area contributed by atoms with E-state index in [1.165, 1.54) is 65.6 Å². The third-order valence-corrected chi connectivity index (χ3v) is 10.3. The lowest BCUT2D eigenvalue weighted by atomic mass is 10.0. The van der Waals surface area contributed by atoms with Gasteiger partial charge in [0.2, 0.25) is 0 Å². The number of anilines is 3. The summed E-state index contributed by atoms with van der Waals surface area (Å²) >= 11 is 0. The van der Waals surface area contributed by atoms with E-state index in [0.29, 0.717) is 0 Å². The van der Waals surface area contributed by atoms with Crippen LogP contribution in [0.1, 0.15) is 0 Å². The van der Waals surface area contributed by atoms with Crippen molar-refractivity contribution in [1.82, 2.24) is 4.57 Å². The highest BCUT2D eigenvalue weighted by Gasteiger charge is 2.21. The smallest absolute Gasteiger partial charge is 0.0619 e. The number of hydrogen-bond donors (Lipinski definition) is 0. The Kier molecular flexibility index (Phi) is 7.18. The Bertz CT molecular complexity index is 2890. The largest absolute Gasteiger partial charge is 0.310 e. The molecule has 0 saturated carbocycles. The van der Waals surface area contributed by atoms with E-state index < -0.39 is 0 Å². The van der Waals surface area contributed by atoms with Crippen molar-refractivity contribution in [3.63, 3.8) is 0 Å². The SMILES string of the molecule is c1ccc(-c2ccc(N(c3cccc(-c4ccccc4)c3)c3cc(-n4c5ccccc5c5ccc6ccccc6c54)cc4ccccc34)cc2)cc1. The van der Waals surface area contributed by atoms with Crippen molar-refractivity contribution in [1.29, 1.82) is 0 Å². The lowest BCUT2D eigenvalue weighted by molar-refractivity contribution is 1.18. The van der Waals surface area contributed by atoms with Crippen molar-refractivity contribution in [2.24, 2.45) is 0 Å². The van der Waals surface area contributed by atoms with E-state index >= 15 is 0 Å². The van der Waals surface area contributed by atoms with Crippen LogP contribution in [0, 0.1) is 0 Å². The summed E-state index contributed by atoms with van der Waals surface area (Å²) in [5, 5.41) is 7.36. The summed E-state index contributed by atoms with van der Waals surface area (Å²) in [5.41, 5.74) is 11.6. The van der Waals surface area contributed by atoms with Crippen LogP contribution in [0.2, 0.25) is 0 Å². The van der Waals surface area contributed by atoms with Gasteiger partial charge in [0.1, 0.15) is 0 Å². The summed E-state index contributed by atoms with van der Waals surface area (Å²) in [6.07, 6.45) is 0. The molecule has 0 bridgehead atoms. The monoisotopic (exact) mass is 662 g/mol. The average molecular weight is 663 g/mol. The van der Waals surface area contributed by atoms with Gasteiger partial charge in [-0.2, -0.15) is 0 Å². The lowest BCUT2D eigenvalue weighted by Crippen LogP contribution is -2.11. The Hall–Kier alpha value is -6.90. The minimum Gasteiger partial charge on any atom is -0.310 e. The fraction of sp³-hybridized carbons (Fsp3) is 0. The lowest BCUT2D eigenvalue weighted by Gasteiger charge is -2.28. The predicted molar refractivity (Wildman–Crippen MR) is 221 cm³/mol. The molecule has 244 valence electrons. The van der Waals surface area contributed by atoms with Crippen LogP contribution in [0.4, 0.5) is 17.1 Å². The summed E-state index contributed by atoms with van der Waals surface area (Å²) in [6, 6.07) is 74.8. The van der Waals surface area contributed by atoms with Gasteiger partial charge >= 0.3 is 0 Å². The van der Waals surface area contributed by atoms with Crippen LogP contribution in [0.25, 0.3) is 71.3 Å². The Balaban J connectivity index is 1.26. The van der Waals surface area contributed by atoms with Gasteiger partial charge in [0.25, 0.3) is 0 Å². The van der Waals surface area contributed by atoms with Gasteiger partial charge < -0.3 is 9.47 Å². The Labute approximate surface area is 303 Å². The minimum absolute atomic E-state index is 1.10. The van der Waals surface area contributed by atoms with Crippen molar-refractivity contribution >= 4 is 60.4 Å². The molecule has 2 heteroatoms. The predicted octanol–water partition coefficient (Wildman–Crippen LogP) is 13.9. The first-order valence-electron chi connectivity index (χ1n) is 17.9. The quantitative estimate of drug-likeness (QED) is 0.172. The van der Waals surface area contributed by atoms with Crippen LogP contribution < -0.4 is 4.90 Å². The van der Waals surface area contributed by atoms with E-state index in [1.807, 2.05) is 0 Å². The van der Waals surface area contributed by atoms with Crippen molar-refractivity contribution in [3.05, 3.63) is 206 Å². The molecule has 0 atom stereocenters. The zero-order chi connectivity index (χ0) is 34.4. The summed E-state index contributed by atoms with van der Waals surface area (Å²) in [4.78, 5) is 2.43. The fourth-order valence-corrected chi connectivity index (χ4v) is 7.90. The second-order valence-electron chi connectivity index (χ2n) is 13.4. The molecule has 0 N–H and O–H groups in total. The highest BCUT2D eigenvalue weighted by Crippen LogP contribution is 2.44. The molecule has 1 aromatic heterocycles. The van der Waals surface area contributed by atoms with E-state index in [2.05, 4.69) is 216 Å². The third kappa shape index (κ3) is 5.04. The number of fused-ring (bicyclic) bond motifs is 6. The van der Waals surface area contributed by atoms with Gasteiger partial charge in [-0.1, -0.05) is 164 Å². The van der Waals surface area contributed by atoms with E-state index in [4.69, 9.17) is 0 Å². The molecule has 2 nitrogen and oxygen atoms in total. The zero-order valence-electron chi connectivity index (χ0n) is 28.5. The highest BCUT2D eigenvalue weighted by molar-refractivity contribution is 6.19. The number of para-hydroxylation sites is 1. The molecule has 10 aromatic rings. The van der Waals surface area contributed by atoms with Crippen molar-refractivity contribution in [2.75, 3.05) is 4.90 Å². The molecule has 0 fully saturated rings. The first-order valence-corrected chi connectivity index (χ1v) is 17.9. The summed E-state index contributed by atoms with van der Waals surface area (Å²) in [6.45, 7) is 0. The molecule has 1 heterocycles. The molecule has 0 unspecified atom stereocenters. The summed E-state index contributed by atoms with van der Waals surface area (Å²) in [5.74, 6) is 0. The van der Waals surface area contributed by atoms with Crippen molar-refractivity contribution in [3.8, 4) is 27.9 Å². The second kappa shape index (κ2) is 12.5. The van der Waals surface area contributed by atoms with Gasteiger partial charge in [0.15, 0.2) is 0 Å². The molecule has 0 saturated heterocycles.